The molecule has 3 rings (SSSR count). The van der Waals surface area contributed by atoms with Gasteiger partial charge in [-0.3, -0.25) is 9.59 Å². The summed E-state index contributed by atoms with van der Waals surface area (Å²) in [5, 5.41) is 0. The van der Waals surface area contributed by atoms with E-state index >= 15 is 0 Å². The van der Waals surface area contributed by atoms with Crippen LogP contribution in [-0.4, -0.2) is 34.2 Å². The van der Waals surface area contributed by atoms with Gasteiger partial charge < -0.3 is 9.80 Å². The smallest absolute Gasteiger partial charge is 0.250 e. The number of carbonyl (C=O) groups is 2. The van der Waals surface area contributed by atoms with Gasteiger partial charge in [-0.05, 0) is 44.0 Å². The standard InChI is InChI=1S/C21H23FN2O2/c1-14(2)23-13-19(25)24(12-16-5-4-6-18(22)11-16)20(21(23)26)17-9-7-15(3)8-10-17/h4-11,14,20H,12-13H2,1-3H3. The number of carbonyl (C=O) groups excluding carboxylic acids is 2. The highest BCUT2D eigenvalue weighted by Gasteiger charge is 2.41. The zero-order valence-electron chi connectivity index (χ0n) is 15.3. The Morgan fingerprint density at radius 2 is 1.81 bits per heavy atom. The van der Waals surface area contributed by atoms with Crippen LogP contribution < -0.4 is 0 Å². The second kappa shape index (κ2) is 7.28. The lowest BCUT2D eigenvalue weighted by atomic mass is 9.98. The quantitative estimate of drug-likeness (QED) is 0.844. The summed E-state index contributed by atoms with van der Waals surface area (Å²) in [6.07, 6.45) is 0. The number of hydrogen-bond acceptors (Lipinski definition) is 2. The Labute approximate surface area is 153 Å². The molecule has 2 aromatic carbocycles. The Bertz CT molecular complexity index is 817. The van der Waals surface area contributed by atoms with E-state index in [0.29, 0.717) is 5.56 Å². The van der Waals surface area contributed by atoms with Crippen LogP contribution in [0.2, 0.25) is 0 Å². The van der Waals surface area contributed by atoms with Crippen molar-refractivity contribution < 1.29 is 14.0 Å². The number of amides is 2. The SMILES string of the molecule is Cc1ccc(C2C(=O)N(C(C)C)CC(=O)N2Cc2cccc(F)c2)cc1. The van der Waals surface area contributed by atoms with E-state index in [9.17, 15) is 14.0 Å². The van der Waals surface area contributed by atoms with Crippen molar-refractivity contribution in [3.63, 3.8) is 0 Å². The molecule has 26 heavy (non-hydrogen) atoms. The third kappa shape index (κ3) is 3.62. The lowest BCUT2D eigenvalue weighted by molar-refractivity contribution is -0.158. The van der Waals surface area contributed by atoms with Crippen LogP contribution in [-0.2, 0) is 16.1 Å². The van der Waals surface area contributed by atoms with E-state index in [1.54, 1.807) is 21.9 Å². The van der Waals surface area contributed by atoms with E-state index in [-0.39, 0.29) is 36.8 Å². The average Bonchev–Trinajstić information content (AvgIpc) is 2.59. The lowest BCUT2D eigenvalue weighted by Crippen LogP contribution is -2.56. The van der Waals surface area contributed by atoms with Crippen LogP contribution in [0.1, 0.15) is 36.6 Å². The van der Waals surface area contributed by atoms with Gasteiger partial charge in [0.25, 0.3) is 5.91 Å². The van der Waals surface area contributed by atoms with Gasteiger partial charge in [0.2, 0.25) is 5.91 Å². The predicted octanol–water partition coefficient (Wildman–Crippen LogP) is 3.45. The maximum Gasteiger partial charge on any atom is 0.250 e. The van der Waals surface area contributed by atoms with Gasteiger partial charge in [0.05, 0.1) is 0 Å². The molecule has 1 unspecified atom stereocenters. The largest absolute Gasteiger partial charge is 0.329 e. The first-order valence-electron chi connectivity index (χ1n) is 8.78. The third-order valence-corrected chi connectivity index (χ3v) is 4.71. The molecule has 1 fully saturated rings. The van der Waals surface area contributed by atoms with E-state index in [1.165, 1.54) is 12.1 Å². The number of nitrogens with zero attached hydrogens (tertiary/aromatic N) is 2. The van der Waals surface area contributed by atoms with Crippen LogP contribution in [0.5, 0.6) is 0 Å². The van der Waals surface area contributed by atoms with Crippen molar-refractivity contribution in [2.24, 2.45) is 0 Å². The second-order valence-electron chi connectivity index (χ2n) is 7.02. The molecular formula is C21H23FN2O2. The maximum absolute atomic E-state index is 13.5. The number of aryl methyl sites for hydroxylation is 1. The molecular weight excluding hydrogens is 331 g/mol. The number of hydrogen-bond donors (Lipinski definition) is 0. The summed E-state index contributed by atoms with van der Waals surface area (Å²) >= 11 is 0. The zero-order valence-corrected chi connectivity index (χ0v) is 15.3. The molecule has 1 saturated heterocycles. The van der Waals surface area contributed by atoms with E-state index in [0.717, 1.165) is 11.1 Å². The molecule has 1 aliphatic rings. The summed E-state index contributed by atoms with van der Waals surface area (Å²) in [6.45, 7) is 6.03. The fraction of sp³-hybridized carbons (Fsp3) is 0.333. The fourth-order valence-electron chi connectivity index (χ4n) is 3.27. The van der Waals surface area contributed by atoms with E-state index in [2.05, 4.69) is 0 Å². The number of piperazine rings is 1. The Balaban J connectivity index is 1.99. The molecule has 1 heterocycles. The van der Waals surface area contributed by atoms with Gasteiger partial charge in [0.15, 0.2) is 0 Å². The molecule has 1 atom stereocenters. The average molecular weight is 354 g/mol. The molecule has 2 amide bonds. The molecule has 0 bridgehead atoms. The number of benzene rings is 2. The Morgan fingerprint density at radius 1 is 1.12 bits per heavy atom. The van der Waals surface area contributed by atoms with E-state index in [1.807, 2.05) is 45.0 Å². The van der Waals surface area contributed by atoms with Gasteiger partial charge in [0.1, 0.15) is 18.4 Å². The van der Waals surface area contributed by atoms with Crippen LogP contribution in [0.4, 0.5) is 4.39 Å². The molecule has 5 heteroatoms. The fourth-order valence-corrected chi connectivity index (χ4v) is 3.27. The Hall–Kier alpha value is -2.69. The summed E-state index contributed by atoms with van der Waals surface area (Å²) in [5.74, 6) is -0.582. The summed E-state index contributed by atoms with van der Waals surface area (Å²) in [4.78, 5) is 29.1. The maximum atomic E-state index is 13.5. The molecule has 0 N–H and O–H groups in total. The summed E-state index contributed by atoms with van der Waals surface area (Å²) in [5.41, 5.74) is 2.53. The van der Waals surface area contributed by atoms with Crippen molar-refractivity contribution in [3.8, 4) is 0 Å². The van der Waals surface area contributed by atoms with Crippen molar-refractivity contribution in [2.75, 3.05) is 6.54 Å². The highest BCUT2D eigenvalue weighted by Crippen LogP contribution is 2.30. The normalized spacial score (nSPS) is 18.0. The minimum absolute atomic E-state index is 0.0498. The van der Waals surface area contributed by atoms with Gasteiger partial charge in [-0.2, -0.15) is 0 Å². The van der Waals surface area contributed by atoms with Crippen molar-refractivity contribution in [3.05, 3.63) is 71.0 Å². The highest BCUT2D eigenvalue weighted by atomic mass is 19.1. The molecule has 0 aromatic heterocycles. The Kier molecular flexibility index (Phi) is 5.07. The molecule has 1 aliphatic heterocycles. The topological polar surface area (TPSA) is 40.6 Å². The molecule has 136 valence electrons. The third-order valence-electron chi connectivity index (χ3n) is 4.71. The van der Waals surface area contributed by atoms with Gasteiger partial charge in [-0.25, -0.2) is 4.39 Å². The molecule has 4 nitrogen and oxygen atoms in total. The van der Waals surface area contributed by atoms with Crippen LogP contribution in [0, 0.1) is 12.7 Å². The van der Waals surface area contributed by atoms with Gasteiger partial charge >= 0.3 is 0 Å². The van der Waals surface area contributed by atoms with E-state index < -0.39 is 6.04 Å². The lowest BCUT2D eigenvalue weighted by Gasteiger charge is -2.42. The molecule has 0 saturated carbocycles. The minimum atomic E-state index is -0.692. The van der Waals surface area contributed by atoms with Gasteiger partial charge in [-0.15, -0.1) is 0 Å². The van der Waals surface area contributed by atoms with E-state index in [4.69, 9.17) is 0 Å². The van der Waals surface area contributed by atoms with Crippen LogP contribution in [0.15, 0.2) is 48.5 Å². The van der Waals surface area contributed by atoms with Crippen LogP contribution >= 0.6 is 0 Å². The van der Waals surface area contributed by atoms with Crippen LogP contribution in [0.3, 0.4) is 0 Å². The second-order valence-corrected chi connectivity index (χ2v) is 7.02. The van der Waals surface area contributed by atoms with Crippen molar-refractivity contribution in [1.29, 1.82) is 0 Å². The van der Waals surface area contributed by atoms with Gasteiger partial charge in [0, 0.05) is 12.6 Å². The minimum Gasteiger partial charge on any atom is -0.329 e. The summed E-state index contributed by atoms with van der Waals surface area (Å²) in [7, 11) is 0. The van der Waals surface area contributed by atoms with Crippen molar-refractivity contribution in [2.45, 2.75) is 39.4 Å². The number of halogens is 1. The first-order valence-corrected chi connectivity index (χ1v) is 8.78. The molecule has 0 radical (unpaired) electrons. The summed E-state index contributed by atoms with van der Waals surface area (Å²) < 4.78 is 13.5. The van der Waals surface area contributed by atoms with Crippen molar-refractivity contribution in [1.82, 2.24) is 9.80 Å². The summed E-state index contributed by atoms with van der Waals surface area (Å²) in [6, 6.07) is 13.0. The first kappa shape index (κ1) is 18.1. The monoisotopic (exact) mass is 354 g/mol. The molecule has 2 aromatic rings. The Morgan fingerprint density at radius 3 is 2.42 bits per heavy atom. The van der Waals surface area contributed by atoms with Crippen molar-refractivity contribution >= 4 is 11.8 Å². The number of rotatable bonds is 4. The highest BCUT2D eigenvalue weighted by molar-refractivity contribution is 5.95. The van der Waals surface area contributed by atoms with Crippen LogP contribution in [0.25, 0.3) is 0 Å². The molecule has 0 aliphatic carbocycles. The predicted molar refractivity (Wildman–Crippen MR) is 97.7 cm³/mol. The zero-order chi connectivity index (χ0) is 18.8. The molecule has 0 spiro atoms. The first-order chi connectivity index (χ1) is 12.4. The van der Waals surface area contributed by atoms with Gasteiger partial charge in [-0.1, -0.05) is 42.0 Å².